The van der Waals surface area contributed by atoms with E-state index >= 15 is 0 Å². The molecule has 8 heteroatoms. The van der Waals surface area contributed by atoms with Crippen molar-refractivity contribution in [1.82, 2.24) is 14.9 Å². The van der Waals surface area contributed by atoms with Gasteiger partial charge in [-0.05, 0) is 18.6 Å². The Morgan fingerprint density at radius 2 is 1.71 bits per heavy atom. The van der Waals surface area contributed by atoms with Gasteiger partial charge in [-0.25, -0.2) is 10.2 Å². The van der Waals surface area contributed by atoms with Crippen LogP contribution in [-0.2, 0) is 10.2 Å². The summed E-state index contributed by atoms with van der Waals surface area (Å²) < 4.78 is 24.5. The van der Waals surface area contributed by atoms with E-state index in [4.69, 9.17) is 5.14 Å². The summed E-state index contributed by atoms with van der Waals surface area (Å²) >= 11 is 0. The van der Waals surface area contributed by atoms with Crippen molar-refractivity contribution in [3.63, 3.8) is 0 Å². The maximum Gasteiger partial charge on any atom is 0.274 e. The van der Waals surface area contributed by atoms with Crippen LogP contribution in [0, 0.1) is 0 Å². The van der Waals surface area contributed by atoms with E-state index in [0.29, 0.717) is 11.1 Å². The van der Waals surface area contributed by atoms with Crippen LogP contribution in [0.1, 0.15) is 18.5 Å². The zero-order chi connectivity index (χ0) is 17.3. The van der Waals surface area contributed by atoms with Gasteiger partial charge in [0.25, 0.3) is 15.8 Å². The fraction of sp³-hybridized carbons (Fsp3) is 0.125. The first-order chi connectivity index (χ1) is 11.3. The van der Waals surface area contributed by atoms with Crippen LogP contribution < -0.4 is 15.4 Å². The van der Waals surface area contributed by atoms with Gasteiger partial charge in [0.15, 0.2) is 0 Å². The summed E-state index contributed by atoms with van der Waals surface area (Å²) in [7, 11) is -3.77. The van der Waals surface area contributed by atoms with Crippen LogP contribution in [0.5, 0.6) is 0 Å². The molecule has 0 saturated heterocycles. The molecule has 4 N–H and O–H groups in total. The lowest BCUT2D eigenvalue weighted by molar-refractivity contribution is 0.568. The molecule has 0 bridgehead atoms. The Kier molecular flexibility index (Phi) is 4.18. The summed E-state index contributed by atoms with van der Waals surface area (Å²) in [6.45, 7) is 1.70. The number of hydrogen-bond donors (Lipinski definition) is 3. The third-order valence-corrected chi connectivity index (χ3v) is 4.40. The second-order valence-electron chi connectivity index (χ2n) is 5.45. The van der Waals surface area contributed by atoms with Gasteiger partial charge < -0.3 is 0 Å². The molecule has 1 unspecified atom stereocenters. The largest absolute Gasteiger partial charge is 0.274 e. The second-order valence-corrected chi connectivity index (χ2v) is 6.78. The van der Waals surface area contributed by atoms with Crippen LogP contribution in [0.4, 0.5) is 0 Å². The van der Waals surface area contributed by atoms with Crippen LogP contribution in [0.3, 0.4) is 0 Å². The predicted molar refractivity (Wildman–Crippen MR) is 92.5 cm³/mol. The van der Waals surface area contributed by atoms with Crippen molar-refractivity contribution in [2.75, 3.05) is 0 Å². The van der Waals surface area contributed by atoms with Crippen molar-refractivity contribution in [2.45, 2.75) is 13.0 Å². The highest BCUT2D eigenvalue weighted by molar-refractivity contribution is 7.87. The van der Waals surface area contributed by atoms with Gasteiger partial charge in [0, 0.05) is 17.0 Å². The fourth-order valence-electron chi connectivity index (χ4n) is 2.58. The number of H-pyrrole nitrogens is 1. The molecule has 1 aromatic heterocycles. The van der Waals surface area contributed by atoms with Crippen molar-refractivity contribution in [3.05, 3.63) is 64.4 Å². The number of aromatic nitrogens is 2. The summed E-state index contributed by atoms with van der Waals surface area (Å²) in [6.07, 6.45) is 0. The molecule has 0 amide bonds. The summed E-state index contributed by atoms with van der Waals surface area (Å²) in [5.74, 6) is 0. The van der Waals surface area contributed by atoms with E-state index < -0.39 is 16.3 Å². The van der Waals surface area contributed by atoms with Crippen LogP contribution >= 0.6 is 0 Å². The maximum absolute atomic E-state index is 11.8. The Bertz CT molecular complexity index is 1040. The number of benzene rings is 2. The predicted octanol–water partition coefficient (Wildman–Crippen LogP) is 1.44. The van der Waals surface area contributed by atoms with E-state index in [1.165, 1.54) is 0 Å². The normalized spacial score (nSPS) is 13.1. The molecule has 24 heavy (non-hydrogen) atoms. The topological polar surface area (TPSA) is 118 Å². The van der Waals surface area contributed by atoms with Gasteiger partial charge >= 0.3 is 0 Å². The Labute approximate surface area is 138 Å². The van der Waals surface area contributed by atoms with Gasteiger partial charge in [0.05, 0.1) is 11.1 Å². The molecule has 2 aromatic carbocycles. The molecule has 0 aliphatic carbocycles. The molecular weight excluding hydrogens is 328 g/mol. The van der Waals surface area contributed by atoms with Gasteiger partial charge in [0.2, 0.25) is 0 Å². The molecule has 124 valence electrons. The lowest BCUT2D eigenvalue weighted by Crippen LogP contribution is -2.32. The molecule has 1 heterocycles. The lowest BCUT2D eigenvalue weighted by atomic mass is 10.0. The molecular formula is C16H16N4O3S. The van der Waals surface area contributed by atoms with E-state index in [0.717, 1.165) is 16.5 Å². The minimum absolute atomic E-state index is 0.239. The molecule has 3 rings (SSSR count). The zero-order valence-corrected chi connectivity index (χ0v) is 13.7. The van der Waals surface area contributed by atoms with Crippen LogP contribution in [0.2, 0.25) is 0 Å². The molecule has 0 spiro atoms. The number of fused-ring (bicyclic) bond motifs is 1. The van der Waals surface area contributed by atoms with Crippen LogP contribution in [0.25, 0.3) is 22.0 Å². The number of rotatable bonds is 4. The van der Waals surface area contributed by atoms with Gasteiger partial charge in [-0.1, -0.05) is 42.5 Å². The Balaban J connectivity index is 2.00. The van der Waals surface area contributed by atoms with Gasteiger partial charge in [-0.2, -0.15) is 18.2 Å². The van der Waals surface area contributed by atoms with Gasteiger partial charge in [-0.15, -0.1) is 0 Å². The van der Waals surface area contributed by atoms with Crippen molar-refractivity contribution < 1.29 is 8.42 Å². The van der Waals surface area contributed by atoms with Crippen molar-refractivity contribution in [3.8, 4) is 11.3 Å². The minimum atomic E-state index is -3.77. The Hall–Kier alpha value is -2.55. The summed E-state index contributed by atoms with van der Waals surface area (Å²) in [6, 6.07) is 14.0. The first-order valence-corrected chi connectivity index (χ1v) is 8.77. The highest BCUT2D eigenvalue weighted by atomic mass is 32.2. The van der Waals surface area contributed by atoms with E-state index in [1.54, 1.807) is 31.2 Å². The fourth-order valence-corrected chi connectivity index (χ4v) is 3.21. The average molecular weight is 344 g/mol. The van der Waals surface area contributed by atoms with Crippen molar-refractivity contribution in [2.24, 2.45) is 5.14 Å². The Morgan fingerprint density at radius 3 is 2.33 bits per heavy atom. The smallest absolute Gasteiger partial charge is 0.267 e. The number of nitrogens with one attached hydrogen (secondary N) is 2. The highest BCUT2D eigenvalue weighted by Gasteiger charge is 2.12. The molecule has 0 fully saturated rings. The molecule has 3 aromatic rings. The average Bonchev–Trinajstić information content (AvgIpc) is 2.54. The number of aromatic amines is 1. The molecule has 0 saturated carbocycles. The highest BCUT2D eigenvalue weighted by Crippen LogP contribution is 2.25. The molecule has 1 atom stereocenters. The van der Waals surface area contributed by atoms with Crippen LogP contribution in [0.15, 0.2) is 53.3 Å². The second kappa shape index (κ2) is 6.16. The number of nitrogens with two attached hydrogens (primary N) is 1. The molecule has 0 aliphatic rings. The summed E-state index contributed by atoms with van der Waals surface area (Å²) in [5, 5.41) is 12.9. The van der Waals surface area contributed by atoms with E-state index in [9.17, 15) is 13.2 Å². The minimum Gasteiger partial charge on any atom is -0.267 e. The Morgan fingerprint density at radius 1 is 1.08 bits per heavy atom. The summed E-state index contributed by atoms with van der Waals surface area (Å²) in [4.78, 5) is 11.8. The van der Waals surface area contributed by atoms with Crippen molar-refractivity contribution in [1.29, 1.82) is 0 Å². The molecule has 0 radical (unpaired) electrons. The number of nitrogens with zero attached hydrogens (tertiary/aromatic N) is 1. The van der Waals surface area contributed by atoms with Crippen LogP contribution in [-0.4, -0.2) is 18.6 Å². The third-order valence-electron chi connectivity index (χ3n) is 3.72. The van der Waals surface area contributed by atoms with Crippen molar-refractivity contribution >= 4 is 21.0 Å². The standard InChI is InChI=1S/C16H16N4O3S/c1-10(20-24(17,22)23)11-6-8-12(9-7-11)15-13-4-2-3-5-14(13)16(21)19-18-15/h2-10,20H,1H3,(H,19,21)(H2,17,22,23). The quantitative estimate of drug-likeness (QED) is 0.663. The maximum atomic E-state index is 11.8. The monoisotopic (exact) mass is 344 g/mol. The van der Waals surface area contributed by atoms with E-state index in [-0.39, 0.29) is 5.56 Å². The zero-order valence-electron chi connectivity index (χ0n) is 12.9. The number of hydrogen-bond acceptors (Lipinski definition) is 4. The van der Waals surface area contributed by atoms with Gasteiger partial charge in [0.1, 0.15) is 0 Å². The molecule has 7 nitrogen and oxygen atoms in total. The lowest BCUT2D eigenvalue weighted by Gasteiger charge is -2.13. The first-order valence-electron chi connectivity index (χ1n) is 7.23. The van der Waals surface area contributed by atoms with E-state index in [1.807, 2.05) is 24.3 Å². The van der Waals surface area contributed by atoms with Gasteiger partial charge in [-0.3, -0.25) is 4.79 Å². The third kappa shape index (κ3) is 3.35. The molecule has 0 aliphatic heterocycles. The SMILES string of the molecule is CC(NS(N)(=O)=O)c1ccc(-c2n[nH]c(=O)c3ccccc23)cc1. The summed E-state index contributed by atoms with van der Waals surface area (Å²) in [5.41, 5.74) is 2.00. The first kappa shape index (κ1) is 16.3. The van der Waals surface area contributed by atoms with E-state index in [2.05, 4.69) is 14.9 Å².